The van der Waals surface area contributed by atoms with Crippen LogP contribution in [0.25, 0.3) is 33.1 Å². The number of nitrogens with zero attached hydrogens (tertiary/aromatic N) is 10. The number of benzene rings is 4. The number of carbonyl (C=O) groups excluding carboxylic acids is 5. The van der Waals surface area contributed by atoms with Crippen LogP contribution in [0.4, 0.5) is 13.2 Å². The average molecular weight is 1710 g/mol. The van der Waals surface area contributed by atoms with Gasteiger partial charge in [-0.3, -0.25) is 38.9 Å². The first-order valence-electron chi connectivity index (χ1n) is 36.2. The van der Waals surface area contributed by atoms with Crippen molar-refractivity contribution >= 4 is 62.8 Å². The third-order valence-corrected chi connectivity index (χ3v) is 18.3. The van der Waals surface area contributed by atoms with Crippen molar-refractivity contribution in [2.45, 2.75) is 99.3 Å². The molecule has 2 aliphatic heterocycles. The monoisotopic (exact) mass is 1710 g/mol. The predicted molar refractivity (Wildman–Crippen MR) is 424 cm³/mol. The van der Waals surface area contributed by atoms with Gasteiger partial charge in [0, 0.05) is 151 Å². The fourth-order valence-electron chi connectivity index (χ4n) is 12.1. The molecule has 0 bridgehead atoms. The van der Waals surface area contributed by atoms with E-state index in [0.29, 0.717) is 72.2 Å². The van der Waals surface area contributed by atoms with Crippen molar-refractivity contribution in [2.75, 3.05) is 53.5 Å². The second-order valence-electron chi connectivity index (χ2n) is 26.5. The van der Waals surface area contributed by atoms with E-state index in [0.717, 1.165) is 58.3 Å². The van der Waals surface area contributed by atoms with Crippen molar-refractivity contribution in [3.05, 3.63) is 275 Å². The number of esters is 3. The van der Waals surface area contributed by atoms with Gasteiger partial charge >= 0.3 is 17.9 Å². The molecule has 0 atom stereocenters. The number of fused-ring (bicyclic) bond motifs is 3. The molecule has 0 spiro atoms. The number of aryl methyl sites for hydroxylation is 5. The SMILES string of the molecule is C.CCOC(=O)c1c(OC(=O)c2ccccc2)c2ncc(Cc3ccc(F)cc3CC)cc2n(C)c1=O.CN1CCCC1=O.CN1CCCCC1.Cn1ccnc1.[CH2-]c1cc(F)ccc1Cc1cnc2c(O)c(C(=O)NCCC)c(=O)n(C)c2c1.[CH2-]c1cc(F)ccc1Cc1cnc2c(O)c(C(=O)OCC)c(=O)n(C)c2c1.[Y].[Y]. The quantitative estimate of drug-likeness (QED) is 0.0598. The molecular formula is C85H96F3N11O13Y2-2. The van der Waals surface area contributed by atoms with Crippen molar-refractivity contribution in [3.63, 3.8) is 0 Å². The zero-order valence-electron chi connectivity index (χ0n) is 65.2. The Morgan fingerprint density at radius 3 is 1.40 bits per heavy atom. The van der Waals surface area contributed by atoms with E-state index in [1.807, 2.05) is 38.7 Å². The van der Waals surface area contributed by atoms with Gasteiger partial charge in [0.05, 0.1) is 53.3 Å². The number of piperidine rings is 1. The maximum absolute atomic E-state index is 13.7. The Labute approximate surface area is 710 Å². The smallest absolute Gasteiger partial charge is 0.347 e. The van der Waals surface area contributed by atoms with E-state index in [1.165, 1.54) is 110 Å². The van der Waals surface area contributed by atoms with Gasteiger partial charge in [0.15, 0.2) is 28.4 Å². The number of halogens is 3. The molecule has 9 heterocycles. The molecule has 4 aromatic carbocycles. The number of ether oxygens (including phenoxy) is 3. The minimum absolute atomic E-state index is 0. The Morgan fingerprint density at radius 2 is 0.991 bits per heavy atom. The molecule has 7 aromatic heterocycles. The molecule has 29 heteroatoms. The van der Waals surface area contributed by atoms with Crippen LogP contribution in [0, 0.1) is 31.3 Å². The fourth-order valence-corrected chi connectivity index (χ4v) is 12.1. The number of pyridine rings is 6. The molecule has 24 nitrogen and oxygen atoms in total. The van der Waals surface area contributed by atoms with Crippen molar-refractivity contribution in [1.29, 1.82) is 0 Å². The van der Waals surface area contributed by atoms with Gasteiger partial charge in [-0.2, -0.15) is 25.0 Å². The molecule has 2 amide bonds. The van der Waals surface area contributed by atoms with E-state index in [2.05, 4.69) is 51.0 Å². The normalized spacial score (nSPS) is 12.0. The summed E-state index contributed by atoms with van der Waals surface area (Å²) in [6.07, 6.45) is 18.8. The molecule has 13 rings (SSSR count). The van der Waals surface area contributed by atoms with Crippen LogP contribution in [0.1, 0.15) is 165 Å². The Kier molecular flexibility index (Phi) is 37.3. The largest absolute Gasteiger partial charge is 0.505 e. The van der Waals surface area contributed by atoms with Gasteiger partial charge in [0.25, 0.3) is 22.6 Å². The van der Waals surface area contributed by atoms with Crippen LogP contribution in [0.15, 0.2) is 155 Å². The topological polar surface area (TPSA) is 294 Å². The number of likely N-dealkylation sites (tertiary alicyclic amines) is 2. The molecule has 0 saturated carbocycles. The molecule has 2 fully saturated rings. The van der Waals surface area contributed by atoms with Gasteiger partial charge in [0.1, 0.15) is 27.9 Å². The van der Waals surface area contributed by atoms with E-state index in [4.69, 9.17) is 14.2 Å². The Hall–Kier alpha value is -10.2. The van der Waals surface area contributed by atoms with Gasteiger partial charge in [-0.15, -0.1) is 35.4 Å². The van der Waals surface area contributed by atoms with Crippen LogP contribution in [0.3, 0.4) is 0 Å². The second-order valence-corrected chi connectivity index (χ2v) is 26.5. The van der Waals surface area contributed by atoms with E-state index >= 15 is 0 Å². The van der Waals surface area contributed by atoms with Crippen molar-refractivity contribution in [2.24, 2.45) is 28.2 Å². The first kappa shape index (κ1) is 94.4. The van der Waals surface area contributed by atoms with Crippen molar-refractivity contribution in [1.82, 2.24) is 53.3 Å². The predicted octanol–water partition coefficient (Wildman–Crippen LogP) is 12.4. The fraction of sp³-hybridized carbons (Fsp3) is 0.318. The molecule has 0 unspecified atom stereocenters. The van der Waals surface area contributed by atoms with Gasteiger partial charge in [-0.1, -0.05) is 64.1 Å². The number of nitrogens with one attached hydrogen (secondary N) is 1. The van der Waals surface area contributed by atoms with Crippen LogP contribution in [-0.2, 0) is 134 Å². The van der Waals surface area contributed by atoms with Crippen LogP contribution >= 0.6 is 0 Å². The molecule has 2 saturated heterocycles. The first-order valence-corrected chi connectivity index (χ1v) is 36.2. The number of hydrogen-bond donors (Lipinski definition) is 3. The molecular weight excluding hydrogens is 1620 g/mol. The molecule has 114 heavy (non-hydrogen) atoms. The number of imidazole rings is 1. The van der Waals surface area contributed by atoms with E-state index in [9.17, 15) is 61.7 Å². The van der Waals surface area contributed by atoms with Crippen LogP contribution in [0.5, 0.6) is 17.2 Å². The minimum Gasteiger partial charge on any atom is -0.505 e. The molecule has 2 radical (unpaired) electrons. The van der Waals surface area contributed by atoms with Crippen molar-refractivity contribution < 1.29 is 127 Å². The minimum atomic E-state index is -0.902. The standard InChI is InChI=1S/C28H25FN2O5.C21H21FN3O3.C20H18FN2O4.C6H13N.C5H9NO.C4H6N2.CH4.2Y/c1-4-18-15-21(29)12-11-20(18)13-17-14-22-24(30-16-17)25(36-27(33)19-9-7-6-8-10-19)23(26(32)31(22)3)28(34)35-5-2;1-4-7-23-20(27)17-19(26)18-16(25(3)21(17)28)10-13(11-24-18)9-14-5-6-15(22)8-12(14)2;1-4-27-20(26)16-18(24)17-15(23(3)19(16)25)9-12(10-22-17)8-13-5-6-14(21)7-11(13)2;1-7-5-3-2-4-6-7;1-6-4-2-3-5(6)7;1-6-3-2-5-4-6;;;/h6-12,14-16H,4-5,13H2,1-3H3;5-6,8,10-11,26H,2,4,7,9H2,1,3H3,(H,23,27);5-7,9-10,24H,2,4,8H2,1,3H3;2-6H2,1H3;2-4H2,1H3;2-4H,1H3;1H4;;/q;2*-1;;;;;;. The Bertz CT molecular complexity index is 5370. The van der Waals surface area contributed by atoms with Gasteiger partial charge in [-0.25, -0.2) is 32.5 Å². The van der Waals surface area contributed by atoms with E-state index < -0.39 is 63.1 Å². The number of aromatic hydroxyl groups is 2. The average Bonchev–Trinajstić information content (AvgIpc) is 0.843. The van der Waals surface area contributed by atoms with E-state index in [1.54, 1.807) is 110 Å². The molecule has 3 N–H and O–H groups in total. The Balaban J connectivity index is 0.000000269. The van der Waals surface area contributed by atoms with Gasteiger partial charge < -0.3 is 57.8 Å². The third-order valence-electron chi connectivity index (χ3n) is 18.3. The molecule has 11 aromatic rings. The Morgan fingerprint density at radius 1 is 0.535 bits per heavy atom. The summed E-state index contributed by atoms with van der Waals surface area (Å²) in [5.74, 6) is -5.06. The zero-order chi connectivity index (χ0) is 80.8. The maximum Gasteiger partial charge on any atom is 0.347 e. The van der Waals surface area contributed by atoms with Crippen molar-refractivity contribution in [3.8, 4) is 17.2 Å². The summed E-state index contributed by atoms with van der Waals surface area (Å²) in [7, 11) is 10.5. The summed E-state index contributed by atoms with van der Waals surface area (Å²) in [6.45, 7) is 18.8. The van der Waals surface area contributed by atoms with Crippen LogP contribution in [-0.4, -0.2) is 141 Å². The summed E-state index contributed by atoms with van der Waals surface area (Å²) in [5.41, 5.74) is 5.62. The summed E-state index contributed by atoms with van der Waals surface area (Å²) in [4.78, 5) is 120. The molecule has 0 aliphatic carbocycles. The van der Waals surface area contributed by atoms with E-state index in [-0.39, 0.29) is 137 Å². The summed E-state index contributed by atoms with van der Waals surface area (Å²) in [5, 5.41) is 23.5. The number of rotatable bonds is 16. The van der Waals surface area contributed by atoms with Gasteiger partial charge in [-0.05, 0) is 156 Å². The van der Waals surface area contributed by atoms with Crippen LogP contribution < -0.4 is 26.7 Å². The second kappa shape index (κ2) is 45.1. The molecule has 2 aliphatic rings. The number of carbonyl (C=O) groups is 5. The number of amides is 2. The summed E-state index contributed by atoms with van der Waals surface area (Å²) >= 11 is 0. The molecule has 598 valence electrons. The first-order chi connectivity index (χ1) is 53.1. The van der Waals surface area contributed by atoms with Crippen LogP contribution in [0.2, 0.25) is 0 Å². The van der Waals surface area contributed by atoms with Gasteiger partial charge in [0.2, 0.25) is 5.91 Å². The summed E-state index contributed by atoms with van der Waals surface area (Å²) in [6, 6.07) is 26.8. The zero-order valence-corrected chi connectivity index (χ0v) is 70.8. The number of aromatic nitrogens is 8. The summed E-state index contributed by atoms with van der Waals surface area (Å²) < 4.78 is 61.4. The number of hydrogen-bond acceptors (Lipinski definition) is 18. The third kappa shape index (κ3) is 24.7. The maximum atomic E-state index is 13.7.